The van der Waals surface area contributed by atoms with E-state index in [0.29, 0.717) is 0 Å². The van der Waals surface area contributed by atoms with Crippen LogP contribution < -0.4 is 0 Å². The van der Waals surface area contributed by atoms with Crippen LogP contribution in [0.5, 0.6) is 0 Å². The van der Waals surface area contributed by atoms with Crippen molar-refractivity contribution in [3.05, 3.63) is 35.4 Å². The van der Waals surface area contributed by atoms with Crippen molar-refractivity contribution >= 4 is 0 Å². The van der Waals surface area contributed by atoms with Gasteiger partial charge in [0.15, 0.2) is 11.6 Å². The van der Waals surface area contributed by atoms with Gasteiger partial charge in [-0.25, -0.2) is 17.6 Å². The Labute approximate surface area is 72.2 Å². The predicted octanol–water partition coefficient (Wildman–Crippen LogP) is 3.09. The molecule has 0 aliphatic heterocycles. The van der Waals surface area contributed by atoms with Crippen molar-refractivity contribution in [3.8, 4) is 0 Å². The molecule has 0 amide bonds. The van der Waals surface area contributed by atoms with Gasteiger partial charge in [-0.3, -0.25) is 0 Å². The minimum Gasteiger partial charge on any atom is -0.206 e. The third kappa shape index (κ3) is 1.41. The van der Waals surface area contributed by atoms with Crippen LogP contribution in [0.2, 0.25) is 0 Å². The average Bonchev–Trinajstić information content (AvgIpc) is 2.66. The van der Waals surface area contributed by atoms with Gasteiger partial charge in [0, 0.05) is 6.42 Å². The third-order valence-electron chi connectivity index (χ3n) is 2.17. The molecular weight excluding hydrogens is 184 g/mol. The van der Waals surface area contributed by atoms with Gasteiger partial charge in [-0.1, -0.05) is 6.07 Å². The summed E-state index contributed by atoms with van der Waals surface area (Å²) in [7, 11) is 0. The van der Waals surface area contributed by atoms with E-state index >= 15 is 0 Å². The second-order valence-electron chi connectivity index (χ2n) is 3.19. The van der Waals surface area contributed by atoms with Crippen LogP contribution in [0.25, 0.3) is 0 Å². The van der Waals surface area contributed by atoms with E-state index in [-0.39, 0.29) is 12.0 Å². The highest BCUT2D eigenvalue weighted by Gasteiger charge is 2.57. The molecule has 1 atom stereocenters. The highest BCUT2D eigenvalue weighted by Crippen LogP contribution is 2.55. The van der Waals surface area contributed by atoms with E-state index < -0.39 is 23.5 Å². The van der Waals surface area contributed by atoms with Crippen LogP contribution in [0.15, 0.2) is 18.2 Å². The fourth-order valence-corrected chi connectivity index (χ4v) is 1.30. The Morgan fingerprint density at radius 1 is 1.15 bits per heavy atom. The van der Waals surface area contributed by atoms with Gasteiger partial charge < -0.3 is 0 Å². The molecule has 2 rings (SSSR count). The van der Waals surface area contributed by atoms with E-state index in [4.69, 9.17) is 0 Å². The molecule has 4 heteroatoms. The molecule has 1 fully saturated rings. The first kappa shape index (κ1) is 8.53. The van der Waals surface area contributed by atoms with Crippen molar-refractivity contribution in [1.29, 1.82) is 0 Å². The van der Waals surface area contributed by atoms with E-state index in [0.717, 1.165) is 12.1 Å². The zero-order valence-electron chi connectivity index (χ0n) is 6.53. The number of halogens is 4. The molecule has 13 heavy (non-hydrogen) atoms. The lowest BCUT2D eigenvalue weighted by Crippen LogP contribution is -1.94. The van der Waals surface area contributed by atoms with E-state index in [1.807, 2.05) is 0 Å². The number of benzene rings is 1. The molecule has 1 aliphatic rings. The summed E-state index contributed by atoms with van der Waals surface area (Å²) in [5.74, 6) is -5.74. The van der Waals surface area contributed by atoms with Gasteiger partial charge in [-0.15, -0.1) is 0 Å². The van der Waals surface area contributed by atoms with E-state index in [1.165, 1.54) is 6.07 Å². The van der Waals surface area contributed by atoms with Crippen molar-refractivity contribution in [3.63, 3.8) is 0 Å². The molecule has 0 heterocycles. The van der Waals surface area contributed by atoms with E-state index in [1.54, 1.807) is 0 Å². The standard InChI is InChI=1S/C9H6F4/c10-7-2-1-5(3-8(7)11)6-4-9(6,12)13/h1-3,6H,4H2. The average molecular weight is 190 g/mol. The smallest absolute Gasteiger partial charge is 0.206 e. The highest BCUT2D eigenvalue weighted by molar-refractivity contribution is 5.29. The molecule has 0 N–H and O–H groups in total. The molecule has 0 bridgehead atoms. The minimum absolute atomic E-state index is 0.170. The zero-order chi connectivity index (χ0) is 9.64. The SMILES string of the molecule is Fc1ccc(C2CC2(F)F)cc1F. The second kappa shape index (κ2) is 2.47. The lowest BCUT2D eigenvalue weighted by Gasteiger charge is -1.99. The summed E-state index contributed by atoms with van der Waals surface area (Å²) in [4.78, 5) is 0. The highest BCUT2D eigenvalue weighted by atomic mass is 19.3. The topological polar surface area (TPSA) is 0 Å². The fourth-order valence-electron chi connectivity index (χ4n) is 1.30. The van der Waals surface area contributed by atoms with Gasteiger partial charge in [-0.2, -0.15) is 0 Å². The summed E-state index contributed by atoms with van der Waals surface area (Å²) < 4.78 is 50.0. The fraction of sp³-hybridized carbons (Fsp3) is 0.333. The molecule has 1 aliphatic carbocycles. The maximum Gasteiger partial charge on any atom is 0.255 e. The summed E-state index contributed by atoms with van der Waals surface area (Å²) >= 11 is 0. The van der Waals surface area contributed by atoms with Crippen molar-refractivity contribution in [2.75, 3.05) is 0 Å². The zero-order valence-corrected chi connectivity index (χ0v) is 6.53. The molecule has 0 spiro atoms. The van der Waals surface area contributed by atoms with Crippen LogP contribution in [-0.4, -0.2) is 5.92 Å². The van der Waals surface area contributed by atoms with E-state index in [9.17, 15) is 17.6 Å². The predicted molar refractivity (Wildman–Crippen MR) is 38.7 cm³/mol. The monoisotopic (exact) mass is 190 g/mol. The number of alkyl halides is 2. The van der Waals surface area contributed by atoms with Crippen molar-refractivity contribution in [1.82, 2.24) is 0 Å². The van der Waals surface area contributed by atoms with E-state index in [2.05, 4.69) is 0 Å². The Morgan fingerprint density at radius 3 is 2.23 bits per heavy atom. The van der Waals surface area contributed by atoms with Gasteiger partial charge in [-0.05, 0) is 17.7 Å². The van der Waals surface area contributed by atoms with Gasteiger partial charge in [0.2, 0.25) is 0 Å². The second-order valence-corrected chi connectivity index (χ2v) is 3.19. The first-order valence-electron chi connectivity index (χ1n) is 3.83. The Hall–Kier alpha value is -1.06. The van der Waals surface area contributed by atoms with Crippen molar-refractivity contribution in [2.45, 2.75) is 18.3 Å². The van der Waals surface area contributed by atoms with Crippen molar-refractivity contribution in [2.24, 2.45) is 0 Å². The minimum atomic E-state index is -2.73. The summed E-state index contributed by atoms with van der Waals surface area (Å²) in [5.41, 5.74) is 0.170. The van der Waals surface area contributed by atoms with Gasteiger partial charge in [0.25, 0.3) is 5.92 Å². The van der Waals surface area contributed by atoms with Crippen molar-refractivity contribution < 1.29 is 17.6 Å². The Morgan fingerprint density at radius 2 is 1.77 bits per heavy atom. The van der Waals surface area contributed by atoms with Crippen LogP contribution in [0.4, 0.5) is 17.6 Å². The molecule has 0 nitrogen and oxygen atoms in total. The Bertz CT molecular complexity index is 345. The summed E-state index contributed by atoms with van der Waals surface area (Å²) in [6.07, 6.45) is -0.266. The molecule has 1 unspecified atom stereocenters. The summed E-state index contributed by atoms with van der Waals surface area (Å²) in [6.45, 7) is 0. The number of rotatable bonds is 1. The Balaban J connectivity index is 2.29. The molecule has 1 saturated carbocycles. The summed E-state index contributed by atoms with van der Waals surface area (Å²) in [6, 6.07) is 2.91. The molecule has 0 radical (unpaired) electrons. The van der Waals surface area contributed by atoms with Crippen LogP contribution in [-0.2, 0) is 0 Å². The largest absolute Gasteiger partial charge is 0.255 e. The maximum atomic E-state index is 12.6. The first-order chi connectivity index (χ1) is 6.00. The normalized spacial score (nSPS) is 24.5. The molecule has 0 saturated heterocycles. The van der Waals surface area contributed by atoms with Gasteiger partial charge >= 0.3 is 0 Å². The molecule has 1 aromatic rings. The molecule has 70 valence electrons. The lowest BCUT2D eigenvalue weighted by molar-refractivity contribution is 0.112. The van der Waals surface area contributed by atoms with Crippen LogP contribution in [0, 0.1) is 11.6 Å². The Kier molecular flexibility index (Phi) is 1.62. The molecule has 1 aromatic carbocycles. The quantitative estimate of drug-likeness (QED) is 0.597. The van der Waals surface area contributed by atoms with Crippen LogP contribution in [0.1, 0.15) is 17.9 Å². The van der Waals surface area contributed by atoms with Crippen LogP contribution in [0.3, 0.4) is 0 Å². The lowest BCUT2D eigenvalue weighted by atomic mass is 10.1. The third-order valence-corrected chi connectivity index (χ3v) is 2.17. The van der Waals surface area contributed by atoms with Gasteiger partial charge in [0.1, 0.15) is 0 Å². The van der Waals surface area contributed by atoms with Crippen LogP contribution >= 0.6 is 0 Å². The number of hydrogen-bond acceptors (Lipinski definition) is 0. The van der Waals surface area contributed by atoms with Gasteiger partial charge in [0.05, 0.1) is 5.92 Å². The molecule has 0 aromatic heterocycles. The summed E-state index contributed by atoms with van der Waals surface area (Å²) in [5, 5.41) is 0. The maximum absolute atomic E-state index is 12.6. The number of hydrogen-bond donors (Lipinski definition) is 0. The first-order valence-corrected chi connectivity index (χ1v) is 3.83. The molecular formula is C9H6F4.